The molecule has 88 valence electrons. The van der Waals surface area contributed by atoms with E-state index in [2.05, 4.69) is 22.1 Å². The van der Waals surface area contributed by atoms with Crippen molar-refractivity contribution in [2.24, 2.45) is 0 Å². The number of hydrogen-bond acceptors (Lipinski definition) is 5. The molecule has 2 rings (SSSR count). The summed E-state index contributed by atoms with van der Waals surface area (Å²) < 4.78 is 0. The maximum Gasteiger partial charge on any atom is 0.126 e. The first kappa shape index (κ1) is 11.9. The van der Waals surface area contributed by atoms with Crippen LogP contribution in [0.1, 0.15) is 5.56 Å². The van der Waals surface area contributed by atoms with Crippen LogP contribution in [-0.2, 0) is 0 Å². The van der Waals surface area contributed by atoms with Crippen molar-refractivity contribution >= 4 is 35.0 Å². The number of nitrogens with one attached hydrogen (secondary N) is 1. The summed E-state index contributed by atoms with van der Waals surface area (Å²) in [5, 5.41) is 4.09. The molecule has 5 heteroatoms. The highest BCUT2D eigenvalue weighted by atomic mass is 32.2. The lowest BCUT2D eigenvalue weighted by Crippen LogP contribution is -2.23. The fraction of sp³-hybridized carbons (Fsp3) is 0.545. The summed E-state index contributed by atoms with van der Waals surface area (Å²) in [7, 11) is 0. The highest BCUT2D eigenvalue weighted by Crippen LogP contribution is 2.24. The van der Waals surface area contributed by atoms with Crippen molar-refractivity contribution in [2.75, 3.05) is 34.9 Å². The van der Waals surface area contributed by atoms with Gasteiger partial charge in [0.1, 0.15) is 5.82 Å². The summed E-state index contributed by atoms with van der Waals surface area (Å²) in [5.74, 6) is 4.74. The molecule has 2 heterocycles. The second kappa shape index (κ2) is 5.68. The Morgan fingerprint density at radius 2 is 2.44 bits per heavy atom. The highest BCUT2D eigenvalue weighted by Gasteiger charge is 2.13. The number of nitrogen functional groups attached to an aromatic ring is 1. The molecule has 0 spiro atoms. The maximum absolute atomic E-state index is 5.73. The van der Waals surface area contributed by atoms with E-state index < -0.39 is 0 Å². The average molecular weight is 255 g/mol. The van der Waals surface area contributed by atoms with E-state index >= 15 is 0 Å². The number of rotatable bonds is 3. The van der Waals surface area contributed by atoms with Crippen LogP contribution in [-0.4, -0.2) is 34.0 Å². The predicted octanol–water partition coefficient (Wildman–Crippen LogP) is 2.23. The molecule has 1 aliphatic rings. The van der Waals surface area contributed by atoms with E-state index in [4.69, 9.17) is 5.73 Å². The Morgan fingerprint density at radius 1 is 1.56 bits per heavy atom. The SMILES string of the molecule is Cc1cc(NCC2CSCCS2)ncc1N. The van der Waals surface area contributed by atoms with Gasteiger partial charge in [-0.25, -0.2) is 4.98 Å². The van der Waals surface area contributed by atoms with E-state index in [1.807, 2.05) is 24.8 Å². The molecule has 0 bridgehead atoms. The zero-order valence-electron chi connectivity index (χ0n) is 9.40. The quantitative estimate of drug-likeness (QED) is 0.867. The van der Waals surface area contributed by atoms with Crippen LogP contribution >= 0.6 is 23.5 Å². The topological polar surface area (TPSA) is 50.9 Å². The smallest absolute Gasteiger partial charge is 0.126 e. The molecule has 0 aromatic carbocycles. The van der Waals surface area contributed by atoms with Crippen molar-refractivity contribution in [1.82, 2.24) is 4.98 Å². The van der Waals surface area contributed by atoms with E-state index in [9.17, 15) is 0 Å². The van der Waals surface area contributed by atoms with Gasteiger partial charge >= 0.3 is 0 Å². The Kier molecular flexibility index (Phi) is 4.23. The lowest BCUT2D eigenvalue weighted by molar-refractivity contribution is 0.992. The third kappa shape index (κ3) is 3.22. The summed E-state index contributed by atoms with van der Waals surface area (Å²) >= 11 is 4.10. The predicted molar refractivity (Wildman–Crippen MR) is 75.4 cm³/mol. The maximum atomic E-state index is 5.73. The Bertz CT molecular complexity index is 351. The summed E-state index contributed by atoms with van der Waals surface area (Å²) in [4.78, 5) is 4.27. The number of nitrogens with zero attached hydrogens (tertiary/aromatic N) is 1. The molecule has 0 saturated carbocycles. The standard InChI is InChI=1S/C11H17N3S2/c1-8-4-11(14-6-10(8)12)13-5-9-7-15-2-3-16-9/h4,6,9H,2-3,5,7,12H2,1H3,(H,13,14). The van der Waals surface area contributed by atoms with Gasteiger partial charge in [-0.1, -0.05) is 0 Å². The normalized spacial score (nSPS) is 20.7. The minimum atomic E-state index is 0.707. The number of aromatic nitrogens is 1. The average Bonchev–Trinajstić information content (AvgIpc) is 2.32. The minimum Gasteiger partial charge on any atom is -0.397 e. The minimum absolute atomic E-state index is 0.707. The van der Waals surface area contributed by atoms with Gasteiger partial charge in [0.15, 0.2) is 0 Å². The number of nitrogens with two attached hydrogens (primary N) is 1. The number of aryl methyl sites for hydroxylation is 1. The van der Waals surface area contributed by atoms with Crippen molar-refractivity contribution in [3.05, 3.63) is 17.8 Å². The van der Waals surface area contributed by atoms with E-state index in [0.717, 1.165) is 23.6 Å². The highest BCUT2D eigenvalue weighted by molar-refractivity contribution is 8.06. The molecule has 1 unspecified atom stereocenters. The van der Waals surface area contributed by atoms with Crippen molar-refractivity contribution in [1.29, 1.82) is 0 Å². The monoisotopic (exact) mass is 255 g/mol. The summed E-state index contributed by atoms with van der Waals surface area (Å²) in [6.45, 7) is 3.00. The molecule has 3 nitrogen and oxygen atoms in total. The fourth-order valence-electron chi connectivity index (χ4n) is 1.54. The molecule has 3 N–H and O–H groups in total. The lowest BCUT2D eigenvalue weighted by atomic mass is 10.2. The van der Waals surface area contributed by atoms with Crippen LogP contribution in [0, 0.1) is 6.92 Å². The third-order valence-electron chi connectivity index (χ3n) is 2.55. The van der Waals surface area contributed by atoms with Gasteiger partial charge in [0, 0.05) is 29.1 Å². The molecule has 0 aliphatic carbocycles. The van der Waals surface area contributed by atoms with Gasteiger partial charge in [-0.05, 0) is 18.6 Å². The molecule has 16 heavy (non-hydrogen) atoms. The Hall–Kier alpha value is -0.550. The van der Waals surface area contributed by atoms with Crippen LogP contribution in [0.25, 0.3) is 0 Å². The first-order valence-corrected chi connectivity index (χ1v) is 7.61. The van der Waals surface area contributed by atoms with E-state index in [-0.39, 0.29) is 0 Å². The zero-order chi connectivity index (χ0) is 11.4. The van der Waals surface area contributed by atoms with Crippen molar-refractivity contribution in [2.45, 2.75) is 12.2 Å². The lowest BCUT2D eigenvalue weighted by Gasteiger charge is -2.21. The molecule has 1 saturated heterocycles. The van der Waals surface area contributed by atoms with Gasteiger partial charge in [-0.3, -0.25) is 0 Å². The Balaban J connectivity index is 1.86. The van der Waals surface area contributed by atoms with Crippen LogP contribution in [0.15, 0.2) is 12.3 Å². The summed E-state index contributed by atoms with van der Waals surface area (Å²) in [6, 6.07) is 2.01. The largest absolute Gasteiger partial charge is 0.397 e. The number of thioether (sulfide) groups is 2. The second-order valence-corrected chi connectivity index (χ2v) is 6.43. The number of pyridine rings is 1. The summed E-state index contributed by atoms with van der Waals surface area (Å²) in [5.41, 5.74) is 7.57. The number of anilines is 2. The molecule has 1 aromatic heterocycles. The zero-order valence-corrected chi connectivity index (χ0v) is 11.0. The van der Waals surface area contributed by atoms with Gasteiger partial charge in [0.25, 0.3) is 0 Å². The second-order valence-electron chi connectivity index (χ2n) is 3.87. The molecule has 1 aliphatic heterocycles. The van der Waals surface area contributed by atoms with Crippen LogP contribution in [0.5, 0.6) is 0 Å². The van der Waals surface area contributed by atoms with E-state index in [0.29, 0.717) is 5.25 Å². The van der Waals surface area contributed by atoms with Crippen molar-refractivity contribution in [3.63, 3.8) is 0 Å². The fourth-order valence-corrected chi connectivity index (χ4v) is 4.15. The molecule has 1 fully saturated rings. The van der Waals surface area contributed by atoms with Crippen molar-refractivity contribution in [3.8, 4) is 0 Å². The Morgan fingerprint density at radius 3 is 3.12 bits per heavy atom. The molecule has 1 atom stereocenters. The van der Waals surface area contributed by atoms with Gasteiger partial charge in [-0.2, -0.15) is 23.5 Å². The Labute approximate surface area is 105 Å². The molecule has 0 radical (unpaired) electrons. The first-order valence-electron chi connectivity index (χ1n) is 5.41. The molecule has 1 aromatic rings. The van der Waals surface area contributed by atoms with Gasteiger partial charge in [0.05, 0.1) is 11.9 Å². The first-order chi connectivity index (χ1) is 7.75. The van der Waals surface area contributed by atoms with Crippen LogP contribution in [0.3, 0.4) is 0 Å². The van der Waals surface area contributed by atoms with E-state index in [1.54, 1.807) is 6.20 Å². The molecular formula is C11H17N3S2. The van der Waals surface area contributed by atoms with Gasteiger partial charge in [-0.15, -0.1) is 0 Å². The summed E-state index contributed by atoms with van der Waals surface area (Å²) in [6.07, 6.45) is 1.72. The van der Waals surface area contributed by atoms with Crippen molar-refractivity contribution < 1.29 is 0 Å². The van der Waals surface area contributed by atoms with Gasteiger partial charge in [0.2, 0.25) is 0 Å². The molecular weight excluding hydrogens is 238 g/mol. The van der Waals surface area contributed by atoms with E-state index in [1.165, 1.54) is 17.3 Å². The number of hydrogen-bond donors (Lipinski definition) is 2. The third-order valence-corrected chi connectivity index (χ3v) is 5.39. The van der Waals surface area contributed by atoms with Crippen LogP contribution in [0.4, 0.5) is 11.5 Å². The molecule has 0 amide bonds. The van der Waals surface area contributed by atoms with Crippen LogP contribution < -0.4 is 11.1 Å². The van der Waals surface area contributed by atoms with Crippen LogP contribution in [0.2, 0.25) is 0 Å². The van der Waals surface area contributed by atoms with Gasteiger partial charge < -0.3 is 11.1 Å².